The number of likely N-dealkylation sites (tertiary alicyclic amines) is 1. The van der Waals surface area contributed by atoms with Crippen LogP contribution in [0.15, 0.2) is 4.99 Å². The predicted octanol–water partition coefficient (Wildman–Crippen LogP) is 2.98. The summed E-state index contributed by atoms with van der Waals surface area (Å²) in [5.41, 5.74) is 6.50. The summed E-state index contributed by atoms with van der Waals surface area (Å²) in [7, 11) is 0. The molecule has 0 amide bonds. The monoisotopic (exact) mass is 351 g/mol. The third-order valence-corrected chi connectivity index (χ3v) is 4.18. The summed E-state index contributed by atoms with van der Waals surface area (Å²) in [6.07, 6.45) is 7.72. The van der Waals surface area contributed by atoms with Crippen LogP contribution in [0.25, 0.3) is 0 Å². The molecule has 1 aliphatic carbocycles. The molecule has 1 saturated carbocycles. The maximum atomic E-state index is 6.13. The molecule has 2 N–H and O–H groups in total. The molecule has 4 heteroatoms. The molecule has 100 valence electrons. The Balaban J connectivity index is 0.00000144. The van der Waals surface area contributed by atoms with Gasteiger partial charge in [0.25, 0.3) is 0 Å². The van der Waals surface area contributed by atoms with Gasteiger partial charge in [-0.15, -0.1) is 24.0 Å². The normalized spacial score (nSPS) is 28.9. The smallest absolute Gasteiger partial charge is 0.191 e. The van der Waals surface area contributed by atoms with Crippen LogP contribution in [0.5, 0.6) is 0 Å². The number of aliphatic imine (C=N–C) groups is 1. The van der Waals surface area contributed by atoms with Crippen molar-refractivity contribution in [2.45, 2.75) is 58.4 Å². The Bertz CT molecular complexity index is 268. The van der Waals surface area contributed by atoms with Crippen molar-refractivity contribution in [3.63, 3.8) is 0 Å². The van der Waals surface area contributed by atoms with E-state index in [0.29, 0.717) is 11.5 Å². The van der Waals surface area contributed by atoms with E-state index in [-0.39, 0.29) is 24.0 Å². The van der Waals surface area contributed by atoms with Gasteiger partial charge in [-0.25, -0.2) is 4.99 Å². The summed E-state index contributed by atoms with van der Waals surface area (Å²) in [5.74, 6) is 0.791. The lowest BCUT2D eigenvalue weighted by atomic mass is 9.68. The molecule has 0 aromatic carbocycles. The van der Waals surface area contributed by atoms with Crippen molar-refractivity contribution >= 4 is 29.9 Å². The lowest BCUT2D eigenvalue weighted by Gasteiger charge is -2.42. The van der Waals surface area contributed by atoms with Gasteiger partial charge in [-0.3, -0.25) is 0 Å². The molecule has 2 aliphatic rings. The Hall–Kier alpha value is 0. The van der Waals surface area contributed by atoms with Crippen molar-refractivity contribution in [3.8, 4) is 0 Å². The zero-order valence-electron chi connectivity index (χ0n) is 11.1. The fourth-order valence-electron chi connectivity index (χ4n) is 2.63. The van der Waals surface area contributed by atoms with Gasteiger partial charge in [0.1, 0.15) is 0 Å². The average molecular weight is 351 g/mol. The van der Waals surface area contributed by atoms with Crippen molar-refractivity contribution in [2.75, 3.05) is 13.1 Å². The maximum absolute atomic E-state index is 6.13. The quantitative estimate of drug-likeness (QED) is 0.448. The highest BCUT2D eigenvalue weighted by Crippen LogP contribution is 2.42. The minimum Gasteiger partial charge on any atom is -0.370 e. The maximum Gasteiger partial charge on any atom is 0.191 e. The fraction of sp³-hybridized carbons (Fsp3) is 0.923. The number of guanidine groups is 1. The lowest BCUT2D eigenvalue weighted by Crippen LogP contribution is -2.44. The second-order valence-electron chi connectivity index (χ2n) is 5.93. The van der Waals surface area contributed by atoms with E-state index in [1.165, 1.54) is 38.5 Å². The number of nitrogens with two attached hydrogens (primary N) is 1. The molecule has 0 radical (unpaired) electrons. The zero-order valence-corrected chi connectivity index (χ0v) is 13.4. The molecule has 0 aromatic rings. The standard InChI is InChI=1S/C13H25N3.HI/c1-13(2)8-7-11(13)15-12(14)16-9-5-3-4-6-10-16;/h11H,3-10H2,1-2H3,(H2,14,15);1H. The molecule has 0 spiro atoms. The molecule has 3 nitrogen and oxygen atoms in total. The van der Waals surface area contributed by atoms with Gasteiger partial charge in [-0.05, 0) is 31.1 Å². The first-order valence-corrected chi connectivity index (χ1v) is 6.68. The number of hydrogen-bond acceptors (Lipinski definition) is 1. The molecule has 0 aromatic heterocycles. The van der Waals surface area contributed by atoms with E-state index in [4.69, 9.17) is 10.7 Å². The topological polar surface area (TPSA) is 41.6 Å². The SMILES string of the molecule is CC1(C)CCC1N=C(N)N1CCCCCC1.I. The van der Waals surface area contributed by atoms with Gasteiger partial charge in [-0.1, -0.05) is 26.7 Å². The molecule has 1 heterocycles. The van der Waals surface area contributed by atoms with Crippen molar-refractivity contribution in [1.29, 1.82) is 0 Å². The molecule has 17 heavy (non-hydrogen) atoms. The minimum absolute atomic E-state index is 0. The van der Waals surface area contributed by atoms with E-state index in [2.05, 4.69) is 18.7 Å². The molecular weight excluding hydrogens is 325 g/mol. The van der Waals surface area contributed by atoms with Crippen LogP contribution in [0.3, 0.4) is 0 Å². The van der Waals surface area contributed by atoms with E-state index in [1.54, 1.807) is 0 Å². The summed E-state index contributed by atoms with van der Waals surface area (Å²) in [4.78, 5) is 7.00. The number of rotatable bonds is 1. The van der Waals surface area contributed by atoms with E-state index in [1.807, 2.05) is 0 Å². The van der Waals surface area contributed by atoms with Gasteiger partial charge in [0.2, 0.25) is 0 Å². The van der Waals surface area contributed by atoms with Crippen LogP contribution in [-0.2, 0) is 0 Å². The highest BCUT2D eigenvalue weighted by Gasteiger charge is 2.38. The Kier molecular flexibility index (Phi) is 5.54. The molecule has 2 rings (SSSR count). The Morgan fingerprint density at radius 1 is 1.18 bits per heavy atom. The molecule has 1 unspecified atom stereocenters. The van der Waals surface area contributed by atoms with Crippen molar-refractivity contribution in [3.05, 3.63) is 0 Å². The summed E-state index contributed by atoms with van der Waals surface area (Å²) >= 11 is 0. The molecule has 1 aliphatic heterocycles. The van der Waals surface area contributed by atoms with Crippen molar-refractivity contribution in [2.24, 2.45) is 16.1 Å². The van der Waals surface area contributed by atoms with Crippen molar-refractivity contribution in [1.82, 2.24) is 4.90 Å². The lowest BCUT2D eigenvalue weighted by molar-refractivity contribution is 0.144. The predicted molar refractivity (Wildman–Crippen MR) is 83.9 cm³/mol. The third kappa shape index (κ3) is 3.73. The first-order valence-electron chi connectivity index (χ1n) is 6.68. The van der Waals surface area contributed by atoms with Crippen LogP contribution in [0.1, 0.15) is 52.4 Å². The summed E-state index contributed by atoms with van der Waals surface area (Å²) in [6, 6.07) is 0.454. The molecule has 0 bridgehead atoms. The van der Waals surface area contributed by atoms with Gasteiger partial charge in [0.15, 0.2) is 5.96 Å². The number of hydrogen-bond donors (Lipinski definition) is 1. The number of nitrogens with zero attached hydrogens (tertiary/aromatic N) is 2. The van der Waals surface area contributed by atoms with Gasteiger partial charge in [0, 0.05) is 13.1 Å². The average Bonchev–Trinajstić information content (AvgIpc) is 2.52. The van der Waals surface area contributed by atoms with E-state index >= 15 is 0 Å². The van der Waals surface area contributed by atoms with Crippen molar-refractivity contribution < 1.29 is 0 Å². The van der Waals surface area contributed by atoms with Gasteiger partial charge in [-0.2, -0.15) is 0 Å². The van der Waals surface area contributed by atoms with E-state index in [0.717, 1.165) is 19.0 Å². The zero-order chi connectivity index (χ0) is 11.6. The van der Waals surface area contributed by atoms with Crippen LogP contribution in [0, 0.1) is 5.41 Å². The summed E-state index contributed by atoms with van der Waals surface area (Å²) in [6.45, 7) is 6.78. The van der Waals surface area contributed by atoms with Crippen LogP contribution < -0.4 is 5.73 Å². The molecule has 1 saturated heterocycles. The largest absolute Gasteiger partial charge is 0.370 e. The Morgan fingerprint density at radius 3 is 2.18 bits per heavy atom. The van der Waals surface area contributed by atoms with E-state index < -0.39 is 0 Å². The summed E-state index contributed by atoms with van der Waals surface area (Å²) < 4.78 is 0. The Labute approximate surface area is 122 Å². The minimum atomic E-state index is 0. The van der Waals surface area contributed by atoms with Crippen LogP contribution in [0.2, 0.25) is 0 Å². The van der Waals surface area contributed by atoms with E-state index in [9.17, 15) is 0 Å². The van der Waals surface area contributed by atoms with Crippen LogP contribution in [0.4, 0.5) is 0 Å². The highest BCUT2D eigenvalue weighted by molar-refractivity contribution is 14.0. The molecule has 1 atom stereocenters. The van der Waals surface area contributed by atoms with Gasteiger partial charge in [0.05, 0.1) is 6.04 Å². The van der Waals surface area contributed by atoms with Gasteiger partial charge >= 0.3 is 0 Å². The first kappa shape index (κ1) is 15.1. The summed E-state index contributed by atoms with van der Waals surface area (Å²) in [5, 5.41) is 0. The number of halogens is 1. The highest BCUT2D eigenvalue weighted by atomic mass is 127. The third-order valence-electron chi connectivity index (χ3n) is 4.18. The fourth-order valence-corrected chi connectivity index (χ4v) is 2.63. The van der Waals surface area contributed by atoms with Gasteiger partial charge < -0.3 is 10.6 Å². The van der Waals surface area contributed by atoms with Crippen LogP contribution in [-0.4, -0.2) is 30.0 Å². The molecular formula is C13H26IN3. The first-order chi connectivity index (χ1) is 7.59. The Morgan fingerprint density at radius 2 is 1.76 bits per heavy atom. The second-order valence-corrected chi connectivity index (χ2v) is 5.93. The molecule has 2 fully saturated rings. The van der Waals surface area contributed by atoms with Crippen LogP contribution >= 0.6 is 24.0 Å². The second kappa shape index (κ2) is 6.25.